The van der Waals surface area contributed by atoms with Crippen LogP contribution < -0.4 is 4.57 Å². The summed E-state index contributed by atoms with van der Waals surface area (Å²) in [5.74, 6) is 0. The van der Waals surface area contributed by atoms with E-state index in [9.17, 15) is 0 Å². The topological polar surface area (TPSA) is 3.88 Å². The summed E-state index contributed by atoms with van der Waals surface area (Å²) in [4.78, 5) is 0. The molecule has 1 aliphatic heterocycles. The number of fused-ring (bicyclic) bond motifs is 3. The van der Waals surface area contributed by atoms with E-state index in [0.717, 1.165) is 0 Å². The number of nitrogens with zero attached hydrogens (tertiary/aromatic N) is 1. The predicted octanol–water partition coefficient (Wildman–Crippen LogP) is 6.88. The summed E-state index contributed by atoms with van der Waals surface area (Å²) in [6.45, 7) is 14.3. The Morgan fingerprint density at radius 1 is 0.926 bits per heavy atom. The third kappa shape index (κ3) is 2.85. The molecule has 1 aromatic heterocycles. The van der Waals surface area contributed by atoms with Crippen LogP contribution >= 0.6 is 0 Å². The van der Waals surface area contributed by atoms with Gasteiger partial charge in [-0.15, -0.1) is 0 Å². The summed E-state index contributed by atoms with van der Waals surface area (Å²) in [5.41, 5.74) is 7.80. The van der Waals surface area contributed by atoms with Crippen LogP contribution in [-0.4, -0.2) is 0 Å². The molecule has 146 valence electrons. The lowest BCUT2D eigenvalue weighted by molar-refractivity contribution is -0.770. The van der Waals surface area contributed by atoms with Gasteiger partial charge in [0.05, 0.1) is 11.0 Å². The zero-order valence-corrected chi connectivity index (χ0v) is 18.4. The summed E-state index contributed by atoms with van der Waals surface area (Å²) in [7, 11) is 0. The highest BCUT2D eigenvalue weighted by atomic mass is 15.1. The average Bonchev–Trinajstić information content (AvgIpc) is 2.70. The zero-order chi connectivity index (χ0) is 19.7. The van der Waals surface area contributed by atoms with Crippen LogP contribution in [0.4, 0.5) is 0 Å². The van der Waals surface area contributed by atoms with Gasteiger partial charge in [0.1, 0.15) is 0 Å². The number of hydrogen-bond acceptors (Lipinski definition) is 0. The molecular formula is C26H38N+. The molecule has 0 aliphatic carbocycles. The van der Waals surface area contributed by atoms with E-state index in [1.807, 2.05) is 0 Å². The lowest BCUT2D eigenvalue weighted by Crippen LogP contribution is -2.69. The lowest BCUT2D eigenvalue weighted by atomic mass is 9.58. The molecule has 0 saturated carbocycles. The van der Waals surface area contributed by atoms with Gasteiger partial charge in [0, 0.05) is 24.5 Å². The van der Waals surface area contributed by atoms with Gasteiger partial charge in [-0.05, 0) is 56.7 Å². The number of unbranched alkanes of at least 4 members (excludes halogenated alkanes) is 1. The molecule has 3 rings (SSSR count). The van der Waals surface area contributed by atoms with Crippen LogP contribution in [0.2, 0.25) is 0 Å². The van der Waals surface area contributed by atoms with Crippen LogP contribution in [0.5, 0.6) is 0 Å². The molecule has 0 N–H and O–H groups in total. The SMILES string of the molecule is CCCCc1cc[n+]2c(c1C)-c1ccccc1C(C)(CC)C2(CC)CCC. The molecule has 2 unspecified atom stereocenters. The Morgan fingerprint density at radius 3 is 2.30 bits per heavy atom. The standard InChI is InChI=1S/C26H38N/c1-7-11-14-21-17-19-27-24(20(21)5)22-15-12-13-16-23(22)25(6,9-3)26(27,10-4)18-8-2/h12-13,15-17,19H,7-11,14,18H2,1-6H3/q+1. The summed E-state index contributed by atoms with van der Waals surface area (Å²) < 4.78 is 2.69. The number of rotatable bonds is 7. The van der Waals surface area contributed by atoms with Crippen molar-refractivity contribution < 1.29 is 4.57 Å². The summed E-state index contributed by atoms with van der Waals surface area (Å²) in [6.07, 6.45) is 10.9. The van der Waals surface area contributed by atoms with Gasteiger partial charge in [0.25, 0.3) is 0 Å². The van der Waals surface area contributed by atoms with Crippen molar-refractivity contribution >= 4 is 0 Å². The Balaban J connectivity index is 2.37. The van der Waals surface area contributed by atoms with Gasteiger partial charge in [-0.1, -0.05) is 52.3 Å². The molecule has 0 radical (unpaired) electrons. The number of pyridine rings is 1. The van der Waals surface area contributed by atoms with Gasteiger partial charge >= 0.3 is 0 Å². The average molecular weight is 365 g/mol. The molecule has 0 bridgehead atoms. The second-order valence-corrected chi connectivity index (χ2v) is 8.65. The van der Waals surface area contributed by atoms with Gasteiger partial charge in [-0.2, -0.15) is 4.57 Å². The Kier molecular flexibility index (Phi) is 5.79. The van der Waals surface area contributed by atoms with Crippen LogP contribution in [0.1, 0.15) is 89.8 Å². The third-order valence-electron chi connectivity index (χ3n) is 7.52. The van der Waals surface area contributed by atoms with Crippen molar-refractivity contribution in [1.29, 1.82) is 0 Å². The zero-order valence-electron chi connectivity index (χ0n) is 18.4. The summed E-state index contributed by atoms with van der Waals surface area (Å²) in [5, 5.41) is 0. The van der Waals surface area contributed by atoms with Gasteiger partial charge in [-0.25, -0.2) is 0 Å². The van der Waals surface area contributed by atoms with Crippen molar-refractivity contribution in [3.63, 3.8) is 0 Å². The first kappa shape index (κ1) is 20.1. The molecule has 1 aliphatic rings. The first-order valence-corrected chi connectivity index (χ1v) is 11.1. The molecule has 2 atom stereocenters. The van der Waals surface area contributed by atoms with Gasteiger partial charge in [-0.3, -0.25) is 0 Å². The smallest absolute Gasteiger partial charge is 0.192 e. The Bertz CT molecular complexity index is 806. The minimum atomic E-state index is 0.147. The fourth-order valence-corrected chi connectivity index (χ4v) is 5.78. The number of hydrogen-bond donors (Lipinski definition) is 0. The molecule has 1 aromatic carbocycles. The Labute approximate surface area is 166 Å². The molecule has 1 nitrogen and oxygen atoms in total. The van der Waals surface area contributed by atoms with E-state index in [0.29, 0.717) is 0 Å². The van der Waals surface area contributed by atoms with Crippen LogP contribution in [0.15, 0.2) is 36.5 Å². The molecular weight excluding hydrogens is 326 g/mol. The highest BCUT2D eigenvalue weighted by Crippen LogP contribution is 2.52. The number of aryl methyl sites for hydroxylation is 1. The molecule has 0 spiro atoms. The second-order valence-electron chi connectivity index (χ2n) is 8.65. The van der Waals surface area contributed by atoms with Crippen molar-refractivity contribution in [2.45, 2.75) is 97.4 Å². The first-order valence-electron chi connectivity index (χ1n) is 11.1. The summed E-state index contributed by atoms with van der Waals surface area (Å²) >= 11 is 0. The van der Waals surface area contributed by atoms with E-state index in [1.165, 1.54) is 67.3 Å². The van der Waals surface area contributed by atoms with Crippen molar-refractivity contribution in [3.05, 3.63) is 53.2 Å². The lowest BCUT2D eigenvalue weighted by Gasteiger charge is -2.48. The van der Waals surface area contributed by atoms with E-state index < -0.39 is 0 Å². The van der Waals surface area contributed by atoms with Crippen LogP contribution in [0, 0.1) is 6.92 Å². The van der Waals surface area contributed by atoms with Gasteiger partial charge in [0.15, 0.2) is 11.7 Å². The molecule has 0 amide bonds. The molecule has 2 heterocycles. The highest BCUT2D eigenvalue weighted by Gasteiger charge is 2.58. The molecule has 27 heavy (non-hydrogen) atoms. The summed E-state index contributed by atoms with van der Waals surface area (Å²) in [6, 6.07) is 11.6. The number of aromatic nitrogens is 1. The van der Waals surface area contributed by atoms with Gasteiger partial charge < -0.3 is 0 Å². The molecule has 2 aromatic rings. The predicted molar refractivity (Wildman–Crippen MR) is 116 cm³/mol. The maximum atomic E-state index is 2.69. The van der Waals surface area contributed by atoms with E-state index in [-0.39, 0.29) is 11.0 Å². The molecule has 1 heteroatoms. The fraction of sp³-hybridized carbons (Fsp3) is 0.577. The fourth-order valence-electron chi connectivity index (χ4n) is 5.78. The number of benzene rings is 1. The monoisotopic (exact) mass is 364 g/mol. The minimum Gasteiger partial charge on any atom is -0.192 e. The van der Waals surface area contributed by atoms with Crippen molar-refractivity contribution in [2.24, 2.45) is 0 Å². The van der Waals surface area contributed by atoms with Crippen LogP contribution in [-0.2, 0) is 17.4 Å². The third-order valence-corrected chi connectivity index (χ3v) is 7.52. The van der Waals surface area contributed by atoms with Crippen LogP contribution in [0.25, 0.3) is 11.3 Å². The van der Waals surface area contributed by atoms with E-state index in [2.05, 4.69) is 82.6 Å². The first-order chi connectivity index (χ1) is 13.0. The molecule has 0 saturated heterocycles. The maximum absolute atomic E-state index is 2.69. The Hall–Kier alpha value is -1.63. The second kappa shape index (κ2) is 7.78. The molecule has 0 fully saturated rings. The van der Waals surface area contributed by atoms with Crippen molar-refractivity contribution in [1.82, 2.24) is 0 Å². The normalized spacial score (nSPS) is 23.8. The Morgan fingerprint density at radius 2 is 1.67 bits per heavy atom. The van der Waals surface area contributed by atoms with Crippen LogP contribution in [0.3, 0.4) is 0 Å². The van der Waals surface area contributed by atoms with Gasteiger partial charge in [0.2, 0.25) is 5.69 Å². The minimum absolute atomic E-state index is 0.147. The van der Waals surface area contributed by atoms with E-state index >= 15 is 0 Å². The van der Waals surface area contributed by atoms with Crippen molar-refractivity contribution in [2.75, 3.05) is 0 Å². The maximum Gasteiger partial charge on any atom is 0.216 e. The van der Waals surface area contributed by atoms with E-state index in [1.54, 1.807) is 5.56 Å². The highest BCUT2D eigenvalue weighted by molar-refractivity contribution is 5.69. The quantitative estimate of drug-likeness (QED) is 0.471. The van der Waals surface area contributed by atoms with Crippen molar-refractivity contribution in [3.8, 4) is 11.3 Å². The van der Waals surface area contributed by atoms with E-state index in [4.69, 9.17) is 0 Å². The largest absolute Gasteiger partial charge is 0.216 e.